The van der Waals surface area contributed by atoms with Gasteiger partial charge in [0.25, 0.3) is 0 Å². The van der Waals surface area contributed by atoms with Crippen LogP contribution in [0.3, 0.4) is 0 Å². The Kier molecular flexibility index (Phi) is 7.90. The first-order chi connectivity index (χ1) is 6.26. The van der Waals surface area contributed by atoms with Crippen molar-refractivity contribution in [2.75, 3.05) is 26.1 Å². The number of rotatable bonds is 6. The third-order valence-corrected chi connectivity index (χ3v) is 2.14. The Hall–Kier alpha value is -0.440. The molecule has 0 atom stereocenters. The number of carbonyl (C=O) groups is 1. The van der Waals surface area contributed by atoms with Crippen molar-refractivity contribution in [3.63, 3.8) is 0 Å². The van der Waals surface area contributed by atoms with Gasteiger partial charge in [-0.05, 0) is 19.8 Å². The predicted molar refractivity (Wildman–Crippen MR) is 54.2 cm³/mol. The van der Waals surface area contributed by atoms with E-state index in [9.17, 15) is 4.79 Å². The highest BCUT2D eigenvalue weighted by atomic mass is 35.5. The number of alkyl halides is 1. The van der Waals surface area contributed by atoms with E-state index in [0.717, 1.165) is 25.8 Å². The van der Waals surface area contributed by atoms with Gasteiger partial charge in [0.2, 0.25) is 0 Å². The second-order valence-electron chi connectivity index (χ2n) is 2.80. The number of unbranched alkanes of at least 4 members (excludes halogenated alkanes) is 2. The molecule has 78 valence electrons. The van der Waals surface area contributed by atoms with Gasteiger partial charge in [0.1, 0.15) is 0 Å². The number of halogens is 1. The summed E-state index contributed by atoms with van der Waals surface area (Å²) in [5, 5.41) is 0. The summed E-state index contributed by atoms with van der Waals surface area (Å²) < 4.78 is 4.62. The molecule has 0 aromatic carbocycles. The number of ether oxygens (including phenoxy) is 1. The van der Waals surface area contributed by atoms with E-state index < -0.39 is 0 Å². The van der Waals surface area contributed by atoms with Crippen LogP contribution in [0.2, 0.25) is 0 Å². The van der Waals surface area contributed by atoms with E-state index in [2.05, 4.69) is 4.74 Å². The minimum atomic E-state index is -0.242. The van der Waals surface area contributed by atoms with Gasteiger partial charge in [0.05, 0.1) is 7.11 Å². The van der Waals surface area contributed by atoms with Crippen LogP contribution in [-0.2, 0) is 4.74 Å². The Morgan fingerprint density at radius 2 is 2.08 bits per heavy atom. The summed E-state index contributed by atoms with van der Waals surface area (Å²) in [6, 6.07) is 0. The van der Waals surface area contributed by atoms with Crippen LogP contribution < -0.4 is 0 Å². The van der Waals surface area contributed by atoms with Gasteiger partial charge in [0.15, 0.2) is 0 Å². The Morgan fingerprint density at radius 1 is 1.38 bits per heavy atom. The summed E-state index contributed by atoms with van der Waals surface area (Å²) in [6.45, 7) is 3.41. The molecule has 0 N–H and O–H groups in total. The smallest absolute Gasteiger partial charge is 0.409 e. The Labute approximate surface area is 85.0 Å². The summed E-state index contributed by atoms with van der Waals surface area (Å²) in [6.07, 6.45) is 2.83. The van der Waals surface area contributed by atoms with E-state index in [1.54, 1.807) is 4.90 Å². The zero-order valence-corrected chi connectivity index (χ0v) is 9.14. The molecule has 0 aromatic rings. The second-order valence-corrected chi connectivity index (χ2v) is 3.18. The Morgan fingerprint density at radius 3 is 2.54 bits per heavy atom. The number of nitrogens with zero attached hydrogens (tertiary/aromatic N) is 1. The normalized spacial score (nSPS) is 9.77. The molecule has 0 aliphatic carbocycles. The molecule has 0 unspecified atom stereocenters. The van der Waals surface area contributed by atoms with Crippen molar-refractivity contribution in [1.29, 1.82) is 0 Å². The van der Waals surface area contributed by atoms with Crippen molar-refractivity contribution in [3.8, 4) is 0 Å². The zero-order valence-electron chi connectivity index (χ0n) is 8.38. The number of methoxy groups -OCH3 is 1. The predicted octanol–water partition coefficient (Wildman–Crippen LogP) is 2.48. The molecule has 0 fully saturated rings. The molecule has 13 heavy (non-hydrogen) atoms. The zero-order chi connectivity index (χ0) is 10.1. The van der Waals surface area contributed by atoms with Crippen LogP contribution in [0.15, 0.2) is 0 Å². The van der Waals surface area contributed by atoms with Gasteiger partial charge >= 0.3 is 6.09 Å². The molecule has 1 amide bonds. The first kappa shape index (κ1) is 12.6. The lowest BCUT2D eigenvalue weighted by molar-refractivity contribution is 0.125. The maximum atomic E-state index is 11.1. The van der Waals surface area contributed by atoms with E-state index in [1.807, 2.05) is 6.92 Å². The van der Waals surface area contributed by atoms with Crippen LogP contribution in [0.25, 0.3) is 0 Å². The van der Waals surface area contributed by atoms with Crippen molar-refractivity contribution in [2.24, 2.45) is 0 Å². The molecule has 3 nitrogen and oxygen atoms in total. The van der Waals surface area contributed by atoms with E-state index in [4.69, 9.17) is 11.6 Å². The molecule has 0 rings (SSSR count). The highest BCUT2D eigenvalue weighted by molar-refractivity contribution is 6.17. The Bertz CT molecular complexity index is 142. The number of amides is 1. The maximum absolute atomic E-state index is 11.1. The Balaban J connectivity index is 3.53. The lowest BCUT2D eigenvalue weighted by Gasteiger charge is -2.18. The van der Waals surface area contributed by atoms with Crippen LogP contribution in [0.5, 0.6) is 0 Å². The average molecular weight is 208 g/mol. The topological polar surface area (TPSA) is 29.5 Å². The third kappa shape index (κ3) is 5.75. The molecule has 0 radical (unpaired) electrons. The van der Waals surface area contributed by atoms with Crippen molar-refractivity contribution in [3.05, 3.63) is 0 Å². The summed E-state index contributed by atoms with van der Waals surface area (Å²) in [4.78, 5) is 12.8. The molecular weight excluding hydrogens is 190 g/mol. The SMILES string of the molecule is CCN(CCCCCCl)C(=O)OC. The number of carbonyl (C=O) groups excluding carboxylic acids is 1. The molecule has 0 bridgehead atoms. The van der Waals surface area contributed by atoms with E-state index in [0.29, 0.717) is 12.4 Å². The van der Waals surface area contributed by atoms with Gasteiger partial charge in [-0.15, -0.1) is 11.6 Å². The second kappa shape index (κ2) is 8.17. The minimum Gasteiger partial charge on any atom is -0.453 e. The molecule has 0 aliphatic rings. The van der Waals surface area contributed by atoms with Gasteiger partial charge in [-0.1, -0.05) is 6.42 Å². The molecule has 0 saturated carbocycles. The maximum Gasteiger partial charge on any atom is 0.409 e. The molecule has 0 heterocycles. The van der Waals surface area contributed by atoms with E-state index >= 15 is 0 Å². The fourth-order valence-corrected chi connectivity index (χ4v) is 1.27. The van der Waals surface area contributed by atoms with Crippen molar-refractivity contribution in [1.82, 2.24) is 4.90 Å². The minimum absolute atomic E-state index is 0.242. The largest absolute Gasteiger partial charge is 0.453 e. The number of hydrogen-bond donors (Lipinski definition) is 0. The summed E-state index contributed by atoms with van der Waals surface area (Å²) in [5.41, 5.74) is 0. The lowest BCUT2D eigenvalue weighted by atomic mass is 10.2. The number of hydrogen-bond acceptors (Lipinski definition) is 2. The third-order valence-electron chi connectivity index (χ3n) is 1.88. The summed E-state index contributed by atoms with van der Waals surface area (Å²) in [5.74, 6) is 0.699. The molecule has 0 spiro atoms. The van der Waals surface area contributed by atoms with Crippen LogP contribution in [0.1, 0.15) is 26.2 Å². The highest BCUT2D eigenvalue weighted by Crippen LogP contribution is 2.01. The van der Waals surface area contributed by atoms with Crippen LogP contribution >= 0.6 is 11.6 Å². The molecule has 0 aromatic heterocycles. The molecule has 4 heteroatoms. The fourth-order valence-electron chi connectivity index (χ4n) is 1.08. The lowest BCUT2D eigenvalue weighted by Crippen LogP contribution is -2.31. The monoisotopic (exact) mass is 207 g/mol. The van der Waals surface area contributed by atoms with Gasteiger partial charge in [-0.25, -0.2) is 4.79 Å². The van der Waals surface area contributed by atoms with Gasteiger partial charge in [0, 0.05) is 19.0 Å². The quantitative estimate of drug-likeness (QED) is 0.495. The molecular formula is C9H18ClNO2. The van der Waals surface area contributed by atoms with Gasteiger partial charge < -0.3 is 9.64 Å². The first-order valence-electron chi connectivity index (χ1n) is 4.65. The van der Waals surface area contributed by atoms with Crippen molar-refractivity contribution < 1.29 is 9.53 Å². The average Bonchev–Trinajstić information content (AvgIpc) is 2.17. The van der Waals surface area contributed by atoms with E-state index in [-0.39, 0.29) is 6.09 Å². The van der Waals surface area contributed by atoms with Gasteiger partial charge in [-0.3, -0.25) is 0 Å². The van der Waals surface area contributed by atoms with Crippen molar-refractivity contribution in [2.45, 2.75) is 26.2 Å². The van der Waals surface area contributed by atoms with E-state index in [1.165, 1.54) is 7.11 Å². The molecule has 0 aliphatic heterocycles. The summed E-state index contributed by atoms with van der Waals surface area (Å²) >= 11 is 5.54. The highest BCUT2D eigenvalue weighted by Gasteiger charge is 2.09. The fraction of sp³-hybridized carbons (Fsp3) is 0.889. The van der Waals surface area contributed by atoms with Gasteiger partial charge in [-0.2, -0.15) is 0 Å². The van der Waals surface area contributed by atoms with Crippen LogP contribution in [-0.4, -0.2) is 37.1 Å². The van der Waals surface area contributed by atoms with Crippen LogP contribution in [0, 0.1) is 0 Å². The van der Waals surface area contributed by atoms with Crippen LogP contribution in [0.4, 0.5) is 4.79 Å². The summed E-state index contributed by atoms with van der Waals surface area (Å²) in [7, 11) is 1.41. The molecule has 0 saturated heterocycles. The first-order valence-corrected chi connectivity index (χ1v) is 5.18. The van der Waals surface area contributed by atoms with Crippen molar-refractivity contribution >= 4 is 17.7 Å². The standard InChI is InChI=1S/C9H18ClNO2/c1-3-11(9(12)13-2)8-6-4-5-7-10/h3-8H2,1-2H3.